The standard InChI is InChI=1S/C15H20N2O2/c1-3-9-16-10-13-15(19-11-17-13)12-7-5-6-8-14(12)18-4-2/h5-8,11,16H,3-4,9-10H2,1-2H3. The molecule has 0 unspecified atom stereocenters. The van der Waals surface area contributed by atoms with Gasteiger partial charge in [-0.2, -0.15) is 0 Å². The van der Waals surface area contributed by atoms with Crippen LogP contribution in [0.3, 0.4) is 0 Å². The molecular formula is C15H20N2O2. The largest absolute Gasteiger partial charge is 0.493 e. The fourth-order valence-corrected chi connectivity index (χ4v) is 1.93. The zero-order chi connectivity index (χ0) is 13.5. The molecule has 4 heteroatoms. The Morgan fingerprint density at radius 1 is 1.26 bits per heavy atom. The number of nitrogens with one attached hydrogen (secondary N) is 1. The molecule has 0 fully saturated rings. The number of nitrogens with zero attached hydrogens (tertiary/aromatic N) is 1. The number of rotatable bonds is 7. The van der Waals surface area contributed by atoms with Gasteiger partial charge in [-0.1, -0.05) is 19.1 Å². The van der Waals surface area contributed by atoms with Crippen molar-refractivity contribution in [3.63, 3.8) is 0 Å². The van der Waals surface area contributed by atoms with Crippen LogP contribution in [0.4, 0.5) is 0 Å². The van der Waals surface area contributed by atoms with Gasteiger partial charge in [0.1, 0.15) is 11.4 Å². The first-order chi connectivity index (χ1) is 9.36. The first kappa shape index (κ1) is 13.6. The smallest absolute Gasteiger partial charge is 0.181 e. The maximum Gasteiger partial charge on any atom is 0.181 e. The van der Waals surface area contributed by atoms with E-state index in [1.807, 2.05) is 31.2 Å². The Morgan fingerprint density at radius 3 is 2.89 bits per heavy atom. The minimum absolute atomic E-state index is 0.634. The second-order valence-corrected chi connectivity index (χ2v) is 4.23. The summed E-state index contributed by atoms with van der Waals surface area (Å²) in [5, 5.41) is 3.34. The van der Waals surface area contributed by atoms with Crippen molar-refractivity contribution in [1.29, 1.82) is 0 Å². The number of hydrogen-bond acceptors (Lipinski definition) is 4. The summed E-state index contributed by atoms with van der Waals surface area (Å²) in [6, 6.07) is 7.88. The van der Waals surface area contributed by atoms with E-state index in [9.17, 15) is 0 Å². The third-order valence-electron chi connectivity index (χ3n) is 2.79. The summed E-state index contributed by atoms with van der Waals surface area (Å²) < 4.78 is 11.2. The summed E-state index contributed by atoms with van der Waals surface area (Å²) in [6.07, 6.45) is 2.59. The van der Waals surface area contributed by atoms with E-state index in [1.54, 1.807) is 0 Å². The molecule has 0 saturated carbocycles. The monoisotopic (exact) mass is 260 g/mol. The van der Waals surface area contributed by atoms with Crippen LogP contribution in [-0.2, 0) is 6.54 Å². The minimum atomic E-state index is 0.634. The van der Waals surface area contributed by atoms with Gasteiger partial charge in [-0.05, 0) is 32.0 Å². The van der Waals surface area contributed by atoms with E-state index in [2.05, 4.69) is 17.2 Å². The van der Waals surface area contributed by atoms with Crippen LogP contribution in [0.15, 0.2) is 35.1 Å². The van der Waals surface area contributed by atoms with Crippen LogP contribution < -0.4 is 10.1 Å². The summed E-state index contributed by atoms with van der Waals surface area (Å²) in [5.74, 6) is 1.62. The Labute approximate surface area is 113 Å². The summed E-state index contributed by atoms with van der Waals surface area (Å²) >= 11 is 0. The van der Waals surface area contributed by atoms with Gasteiger partial charge in [-0.15, -0.1) is 0 Å². The highest BCUT2D eigenvalue weighted by molar-refractivity contribution is 5.67. The summed E-state index contributed by atoms with van der Waals surface area (Å²) in [6.45, 7) is 6.43. The predicted molar refractivity (Wildman–Crippen MR) is 75.1 cm³/mol. The maximum atomic E-state index is 5.63. The highest BCUT2D eigenvalue weighted by atomic mass is 16.5. The fraction of sp³-hybridized carbons (Fsp3) is 0.400. The highest BCUT2D eigenvalue weighted by Gasteiger charge is 2.14. The number of benzene rings is 1. The van der Waals surface area contributed by atoms with Crippen molar-refractivity contribution in [2.45, 2.75) is 26.8 Å². The normalized spacial score (nSPS) is 10.6. The molecule has 0 atom stereocenters. The van der Waals surface area contributed by atoms with Crippen molar-refractivity contribution in [1.82, 2.24) is 10.3 Å². The molecule has 1 heterocycles. The SMILES string of the molecule is CCCNCc1ncoc1-c1ccccc1OCC. The quantitative estimate of drug-likeness (QED) is 0.776. The molecule has 19 heavy (non-hydrogen) atoms. The van der Waals surface area contributed by atoms with Crippen LogP contribution in [0.25, 0.3) is 11.3 Å². The zero-order valence-corrected chi connectivity index (χ0v) is 11.5. The van der Waals surface area contributed by atoms with E-state index in [1.165, 1.54) is 6.39 Å². The third-order valence-corrected chi connectivity index (χ3v) is 2.79. The third kappa shape index (κ3) is 3.35. The Balaban J connectivity index is 2.24. The van der Waals surface area contributed by atoms with Crippen LogP contribution in [0.5, 0.6) is 5.75 Å². The van der Waals surface area contributed by atoms with Gasteiger partial charge in [0.25, 0.3) is 0 Å². The lowest BCUT2D eigenvalue weighted by Crippen LogP contribution is -2.14. The molecule has 0 amide bonds. The van der Waals surface area contributed by atoms with Gasteiger partial charge in [-0.3, -0.25) is 0 Å². The van der Waals surface area contributed by atoms with Crippen molar-refractivity contribution in [3.8, 4) is 17.1 Å². The van der Waals surface area contributed by atoms with Crippen LogP contribution in [0.1, 0.15) is 26.0 Å². The van der Waals surface area contributed by atoms with Gasteiger partial charge >= 0.3 is 0 Å². The molecule has 1 aromatic heterocycles. The molecule has 2 aromatic rings. The van der Waals surface area contributed by atoms with Gasteiger partial charge < -0.3 is 14.5 Å². The fourth-order valence-electron chi connectivity index (χ4n) is 1.93. The topological polar surface area (TPSA) is 47.3 Å². The molecule has 0 saturated heterocycles. The molecule has 102 valence electrons. The highest BCUT2D eigenvalue weighted by Crippen LogP contribution is 2.31. The average Bonchev–Trinajstić information content (AvgIpc) is 2.88. The van der Waals surface area contributed by atoms with Crippen molar-refractivity contribution < 1.29 is 9.15 Å². The number of aromatic nitrogens is 1. The molecule has 0 spiro atoms. The van der Waals surface area contributed by atoms with Crippen molar-refractivity contribution in [3.05, 3.63) is 36.4 Å². The molecule has 0 aliphatic heterocycles. The lowest BCUT2D eigenvalue weighted by Gasteiger charge is -2.09. The van der Waals surface area contributed by atoms with Crippen LogP contribution in [0, 0.1) is 0 Å². The average molecular weight is 260 g/mol. The molecule has 0 aliphatic carbocycles. The molecule has 0 bridgehead atoms. The van der Waals surface area contributed by atoms with E-state index in [0.29, 0.717) is 13.2 Å². The number of hydrogen-bond donors (Lipinski definition) is 1. The molecule has 1 N–H and O–H groups in total. The first-order valence-corrected chi connectivity index (χ1v) is 6.72. The van der Waals surface area contributed by atoms with E-state index in [-0.39, 0.29) is 0 Å². The predicted octanol–water partition coefficient (Wildman–Crippen LogP) is 3.24. The van der Waals surface area contributed by atoms with Crippen LogP contribution >= 0.6 is 0 Å². The van der Waals surface area contributed by atoms with Gasteiger partial charge in [-0.25, -0.2) is 4.98 Å². The molecule has 4 nitrogen and oxygen atoms in total. The molecule has 1 aromatic carbocycles. The van der Waals surface area contributed by atoms with Gasteiger partial charge in [0.15, 0.2) is 12.2 Å². The first-order valence-electron chi connectivity index (χ1n) is 6.72. The van der Waals surface area contributed by atoms with Gasteiger partial charge in [0, 0.05) is 6.54 Å². The Hall–Kier alpha value is -1.81. The van der Waals surface area contributed by atoms with Crippen molar-refractivity contribution in [2.24, 2.45) is 0 Å². The van der Waals surface area contributed by atoms with E-state index >= 15 is 0 Å². The van der Waals surface area contributed by atoms with Crippen LogP contribution in [-0.4, -0.2) is 18.1 Å². The minimum Gasteiger partial charge on any atom is -0.493 e. The zero-order valence-electron chi connectivity index (χ0n) is 11.5. The van der Waals surface area contributed by atoms with Crippen molar-refractivity contribution >= 4 is 0 Å². The Bertz CT molecular complexity index is 508. The molecule has 0 radical (unpaired) electrons. The Morgan fingerprint density at radius 2 is 2.11 bits per heavy atom. The lowest BCUT2D eigenvalue weighted by atomic mass is 10.1. The van der Waals surface area contributed by atoms with Gasteiger partial charge in [0.05, 0.1) is 12.2 Å². The number of oxazole rings is 1. The van der Waals surface area contributed by atoms with E-state index < -0.39 is 0 Å². The molecule has 0 aliphatic rings. The van der Waals surface area contributed by atoms with Crippen molar-refractivity contribution in [2.75, 3.05) is 13.2 Å². The summed E-state index contributed by atoms with van der Waals surface area (Å²) in [7, 11) is 0. The molecular weight excluding hydrogens is 240 g/mol. The van der Waals surface area contributed by atoms with Crippen LogP contribution in [0.2, 0.25) is 0 Å². The second kappa shape index (κ2) is 6.95. The lowest BCUT2D eigenvalue weighted by molar-refractivity contribution is 0.340. The van der Waals surface area contributed by atoms with E-state index in [4.69, 9.17) is 9.15 Å². The number of para-hydroxylation sites is 1. The van der Waals surface area contributed by atoms with E-state index in [0.717, 1.165) is 35.7 Å². The summed E-state index contributed by atoms with van der Waals surface area (Å²) in [4.78, 5) is 4.28. The van der Waals surface area contributed by atoms with Gasteiger partial charge in [0.2, 0.25) is 0 Å². The number of ether oxygens (including phenoxy) is 1. The maximum absolute atomic E-state index is 5.63. The summed E-state index contributed by atoms with van der Waals surface area (Å²) in [5.41, 5.74) is 1.87. The molecule has 2 rings (SSSR count). The second-order valence-electron chi connectivity index (χ2n) is 4.23. The Kier molecular flexibility index (Phi) is 4.98.